The molecule has 0 aromatic heterocycles. The second-order valence-corrected chi connectivity index (χ2v) is 8.07. The van der Waals surface area contributed by atoms with Gasteiger partial charge < -0.3 is 5.73 Å². The van der Waals surface area contributed by atoms with Gasteiger partial charge in [0, 0.05) is 33.8 Å². The Morgan fingerprint density at radius 1 is 1.11 bits per heavy atom. The quantitative estimate of drug-likeness (QED) is 0.681. The molecule has 2 unspecified atom stereocenters. The highest BCUT2D eigenvalue weighted by Crippen LogP contribution is 2.49. The third kappa shape index (κ3) is 3.06. The van der Waals surface area contributed by atoms with E-state index in [1.54, 1.807) is 0 Å². The first-order valence-corrected chi connectivity index (χ1v) is 9.41. The Bertz CT molecular complexity index is 919. The highest BCUT2D eigenvalue weighted by atomic mass is 35.5. The van der Waals surface area contributed by atoms with Crippen LogP contribution in [0.5, 0.6) is 0 Å². The van der Waals surface area contributed by atoms with Crippen LogP contribution in [-0.2, 0) is 11.8 Å². The third-order valence-corrected chi connectivity index (χ3v) is 6.01. The van der Waals surface area contributed by atoms with Crippen LogP contribution in [0.4, 0.5) is 13.2 Å². The summed E-state index contributed by atoms with van der Waals surface area (Å²) in [4.78, 5) is 4.33. The van der Waals surface area contributed by atoms with Gasteiger partial charge in [0.1, 0.15) is 5.41 Å². The van der Waals surface area contributed by atoms with Crippen molar-refractivity contribution in [1.29, 1.82) is 0 Å². The molecular formula is C20H17Cl2F3N2. The van der Waals surface area contributed by atoms with Crippen molar-refractivity contribution in [3.63, 3.8) is 0 Å². The number of alkyl halides is 3. The molecule has 0 bridgehead atoms. The van der Waals surface area contributed by atoms with Crippen LogP contribution in [0.25, 0.3) is 0 Å². The molecule has 1 aliphatic carbocycles. The van der Waals surface area contributed by atoms with Gasteiger partial charge in [-0.2, -0.15) is 13.2 Å². The summed E-state index contributed by atoms with van der Waals surface area (Å²) in [5.41, 5.74) is 7.31. The highest BCUT2D eigenvalue weighted by Gasteiger charge is 2.58. The lowest BCUT2D eigenvalue weighted by Gasteiger charge is -2.32. The molecule has 1 heterocycles. The minimum Gasteiger partial charge on any atom is -0.324 e. The second kappa shape index (κ2) is 6.50. The number of fused-ring (bicyclic) bond motifs is 1. The van der Waals surface area contributed by atoms with Crippen molar-refractivity contribution in [2.75, 3.05) is 6.54 Å². The fraction of sp³-hybridized carbons (Fsp3) is 0.350. The van der Waals surface area contributed by atoms with Gasteiger partial charge in [0.15, 0.2) is 0 Å². The number of halogens is 5. The molecule has 2 aromatic carbocycles. The van der Waals surface area contributed by atoms with Crippen LogP contribution < -0.4 is 5.73 Å². The lowest BCUT2D eigenvalue weighted by Crippen LogP contribution is -2.43. The molecule has 2 aliphatic rings. The Morgan fingerprint density at radius 2 is 1.81 bits per heavy atom. The molecule has 0 saturated heterocycles. The van der Waals surface area contributed by atoms with E-state index in [2.05, 4.69) is 4.99 Å². The summed E-state index contributed by atoms with van der Waals surface area (Å²) in [5, 5.41) is 0.356. The van der Waals surface area contributed by atoms with Crippen LogP contribution in [-0.4, -0.2) is 18.4 Å². The maximum Gasteiger partial charge on any atom is 0.400 e. The van der Waals surface area contributed by atoms with Crippen molar-refractivity contribution >= 4 is 28.9 Å². The zero-order chi connectivity index (χ0) is 19.4. The number of aliphatic imine (C=N–C) groups is 1. The summed E-state index contributed by atoms with van der Waals surface area (Å²) < 4.78 is 42.7. The van der Waals surface area contributed by atoms with E-state index in [9.17, 15) is 13.2 Å². The number of benzene rings is 2. The molecule has 0 radical (unpaired) electrons. The van der Waals surface area contributed by atoms with Crippen LogP contribution >= 0.6 is 23.2 Å². The fourth-order valence-electron chi connectivity index (χ4n) is 4.16. The van der Waals surface area contributed by atoms with E-state index in [1.807, 2.05) is 18.2 Å². The average Bonchev–Trinajstić information content (AvgIpc) is 3.19. The molecule has 1 aliphatic heterocycles. The largest absolute Gasteiger partial charge is 0.400 e. The molecule has 0 saturated carbocycles. The van der Waals surface area contributed by atoms with Gasteiger partial charge in [-0.25, -0.2) is 0 Å². The van der Waals surface area contributed by atoms with E-state index in [-0.39, 0.29) is 34.6 Å². The van der Waals surface area contributed by atoms with Gasteiger partial charge in [-0.15, -0.1) is 0 Å². The van der Waals surface area contributed by atoms with Gasteiger partial charge in [0.25, 0.3) is 0 Å². The molecule has 0 spiro atoms. The molecule has 2 atom stereocenters. The van der Waals surface area contributed by atoms with Gasteiger partial charge in [-0.3, -0.25) is 4.99 Å². The first-order chi connectivity index (χ1) is 12.7. The molecule has 2 aromatic rings. The molecule has 7 heteroatoms. The monoisotopic (exact) mass is 412 g/mol. The maximum atomic E-state index is 14.2. The van der Waals surface area contributed by atoms with Gasteiger partial charge in [0.2, 0.25) is 0 Å². The Kier molecular flexibility index (Phi) is 4.53. The lowest BCUT2D eigenvalue weighted by molar-refractivity contribution is -0.183. The zero-order valence-corrected chi connectivity index (χ0v) is 15.8. The summed E-state index contributed by atoms with van der Waals surface area (Å²) in [6, 6.07) is 9.59. The minimum absolute atomic E-state index is 0.0446. The third-order valence-electron chi connectivity index (χ3n) is 5.57. The highest BCUT2D eigenvalue weighted by molar-refractivity contribution is 6.34. The predicted octanol–water partition coefficient (Wildman–Crippen LogP) is 5.63. The normalized spacial score (nSPS) is 24.8. The molecular weight excluding hydrogens is 396 g/mol. The minimum atomic E-state index is -4.49. The van der Waals surface area contributed by atoms with E-state index in [0.717, 1.165) is 29.5 Å². The molecule has 2 N–H and O–H groups in total. The van der Waals surface area contributed by atoms with Crippen molar-refractivity contribution in [3.8, 4) is 0 Å². The summed E-state index contributed by atoms with van der Waals surface area (Å²) >= 11 is 12.0. The molecule has 4 rings (SSSR count). The van der Waals surface area contributed by atoms with Crippen LogP contribution in [0, 0.1) is 0 Å². The molecule has 0 fully saturated rings. The smallest absolute Gasteiger partial charge is 0.324 e. The molecule has 2 nitrogen and oxygen atoms in total. The van der Waals surface area contributed by atoms with Crippen LogP contribution in [0.2, 0.25) is 10.0 Å². The van der Waals surface area contributed by atoms with Crippen LogP contribution in [0.1, 0.15) is 41.1 Å². The van der Waals surface area contributed by atoms with E-state index < -0.39 is 11.6 Å². The number of hydrogen-bond acceptors (Lipinski definition) is 2. The van der Waals surface area contributed by atoms with Crippen molar-refractivity contribution in [3.05, 3.63) is 68.7 Å². The fourth-order valence-corrected chi connectivity index (χ4v) is 4.69. The molecule has 27 heavy (non-hydrogen) atoms. The van der Waals surface area contributed by atoms with Crippen molar-refractivity contribution in [2.24, 2.45) is 10.7 Å². The Hall–Kier alpha value is -1.56. The van der Waals surface area contributed by atoms with Crippen molar-refractivity contribution in [1.82, 2.24) is 0 Å². The summed E-state index contributed by atoms with van der Waals surface area (Å²) in [7, 11) is 0. The number of nitrogens with two attached hydrogens (primary N) is 1. The van der Waals surface area contributed by atoms with Gasteiger partial charge in [0.05, 0.1) is 6.54 Å². The Balaban J connectivity index is 1.79. The maximum absolute atomic E-state index is 14.2. The van der Waals surface area contributed by atoms with E-state index in [1.165, 1.54) is 18.2 Å². The summed E-state index contributed by atoms with van der Waals surface area (Å²) in [5.74, 6) is 0. The average molecular weight is 413 g/mol. The second-order valence-electron chi connectivity index (χ2n) is 7.20. The van der Waals surface area contributed by atoms with Crippen molar-refractivity contribution < 1.29 is 13.2 Å². The SMILES string of the molecule is NC1CCc2cccc(C3=NCC(c4cc(Cl)cc(Cl)c4)(C(F)(F)F)C3)c21. The number of nitrogens with zero attached hydrogens (tertiary/aromatic N) is 1. The van der Waals surface area contributed by atoms with Crippen LogP contribution in [0.15, 0.2) is 41.4 Å². The Morgan fingerprint density at radius 3 is 2.48 bits per heavy atom. The summed E-state index contributed by atoms with van der Waals surface area (Å²) in [6.07, 6.45) is -3.11. The molecule has 142 valence electrons. The van der Waals surface area contributed by atoms with Gasteiger partial charge in [-0.05, 0) is 47.7 Å². The van der Waals surface area contributed by atoms with Gasteiger partial charge >= 0.3 is 6.18 Å². The number of hydrogen-bond donors (Lipinski definition) is 1. The Labute approximate surface area is 165 Å². The number of aryl methyl sites for hydroxylation is 1. The first kappa shape index (κ1) is 18.8. The molecule has 0 amide bonds. The summed E-state index contributed by atoms with van der Waals surface area (Å²) in [6.45, 7) is -0.387. The van der Waals surface area contributed by atoms with Gasteiger partial charge in [-0.1, -0.05) is 41.4 Å². The van der Waals surface area contributed by atoms with E-state index >= 15 is 0 Å². The topological polar surface area (TPSA) is 38.4 Å². The first-order valence-electron chi connectivity index (χ1n) is 8.66. The van der Waals surface area contributed by atoms with E-state index in [4.69, 9.17) is 28.9 Å². The van der Waals surface area contributed by atoms with E-state index in [0.29, 0.717) is 5.71 Å². The number of rotatable bonds is 2. The zero-order valence-electron chi connectivity index (χ0n) is 14.3. The lowest BCUT2D eigenvalue weighted by atomic mass is 9.76. The standard InChI is InChI=1S/C20H17Cl2F3N2/c21-13-6-12(7-14(22)8-13)19(20(23,24)25)9-17(27-10-19)15-3-1-2-11-4-5-16(26)18(11)15/h1-3,6-8,16H,4-5,9-10,26H2. The predicted molar refractivity (Wildman–Crippen MR) is 102 cm³/mol. The van der Waals surface area contributed by atoms with Crippen molar-refractivity contribution in [2.45, 2.75) is 36.9 Å². The van der Waals surface area contributed by atoms with Crippen LogP contribution in [0.3, 0.4) is 0 Å².